The van der Waals surface area contributed by atoms with Crippen LogP contribution in [-0.4, -0.2) is 4.98 Å². The van der Waals surface area contributed by atoms with Crippen LogP contribution in [0.1, 0.15) is 12.5 Å². The zero-order valence-electron chi connectivity index (χ0n) is 11.8. The standard InChI is InChI=1S/C19H15NO/c1-2-13-12-20-10-9-15(13)14-7-8-19-17(11-14)16-5-3-4-6-18(16)21-19/h3-12H,2H2,1H3. The molecule has 2 nitrogen and oxygen atoms in total. The van der Waals surface area contributed by atoms with Gasteiger partial charge in [0.05, 0.1) is 0 Å². The first-order valence-electron chi connectivity index (χ1n) is 7.21. The van der Waals surface area contributed by atoms with Crippen LogP contribution in [-0.2, 0) is 6.42 Å². The number of benzene rings is 2. The van der Waals surface area contributed by atoms with Crippen molar-refractivity contribution in [2.45, 2.75) is 13.3 Å². The third-order valence-corrected chi connectivity index (χ3v) is 3.97. The molecule has 0 atom stereocenters. The first kappa shape index (κ1) is 12.2. The summed E-state index contributed by atoms with van der Waals surface area (Å²) in [5.74, 6) is 0. The van der Waals surface area contributed by atoms with Crippen LogP contribution >= 0.6 is 0 Å². The molecule has 0 saturated heterocycles. The molecule has 0 aliphatic rings. The minimum Gasteiger partial charge on any atom is -0.456 e. The molecule has 2 aromatic heterocycles. The molecule has 0 radical (unpaired) electrons. The van der Waals surface area contributed by atoms with E-state index in [0.717, 1.165) is 17.6 Å². The van der Waals surface area contributed by atoms with Crippen molar-refractivity contribution < 1.29 is 4.42 Å². The van der Waals surface area contributed by atoms with Crippen LogP contribution in [0.5, 0.6) is 0 Å². The summed E-state index contributed by atoms with van der Waals surface area (Å²) in [4.78, 5) is 4.23. The van der Waals surface area contributed by atoms with Crippen molar-refractivity contribution in [3.8, 4) is 11.1 Å². The van der Waals surface area contributed by atoms with E-state index in [9.17, 15) is 0 Å². The molecule has 0 bridgehead atoms. The zero-order valence-corrected chi connectivity index (χ0v) is 11.8. The molecule has 0 fully saturated rings. The second-order valence-corrected chi connectivity index (χ2v) is 5.20. The Kier molecular flexibility index (Phi) is 2.74. The third-order valence-electron chi connectivity index (χ3n) is 3.97. The van der Waals surface area contributed by atoms with Crippen molar-refractivity contribution in [1.82, 2.24) is 4.98 Å². The fourth-order valence-electron chi connectivity index (χ4n) is 2.88. The monoisotopic (exact) mass is 273 g/mol. The van der Waals surface area contributed by atoms with E-state index in [0.29, 0.717) is 0 Å². The SMILES string of the molecule is CCc1cnccc1-c1ccc2oc3ccccc3c2c1. The number of rotatable bonds is 2. The lowest BCUT2D eigenvalue weighted by Gasteiger charge is -2.07. The number of aryl methyl sites for hydroxylation is 1. The van der Waals surface area contributed by atoms with Crippen LogP contribution in [0.3, 0.4) is 0 Å². The summed E-state index contributed by atoms with van der Waals surface area (Å²) >= 11 is 0. The Bertz CT molecular complexity index is 937. The van der Waals surface area contributed by atoms with E-state index in [1.807, 2.05) is 30.6 Å². The maximum atomic E-state index is 5.89. The quantitative estimate of drug-likeness (QED) is 0.501. The summed E-state index contributed by atoms with van der Waals surface area (Å²) < 4.78 is 5.89. The van der Waals surface area contributed by atoms with Gasteiger partial charge < -0.3 is 4.42 Å². The molecule has 2 heteroatoms. The van der Waals surface area contributed by atoms with Crippen molar-refractivity contribution >= 4 is 21.9 Å². The first-order valence-corrected chi connectivity index (χ1v) is 7.21. The van der Waals surface area contributed by atoms with E-state index in [2.05, 4.69) is 42.2 Å². The normalized spacial score (nSPS) is 11.3. The molecule has 0 aliphatic heterocycles. The highest BCUT2D eigenvalue weighted by atomic mass is 16.3. The third kappa shape index (κ3) is 1.91. The van der Waals surface area contributed by atoms with Crippen molar-refractivity contribution in [2.24, 2.45) is 0 Å². The molecule has 2 heterocycles. The number of pyridine rings is 1. The van der Waals surface area contributed by atoms with Crippen LogP contribution in [0, 0.1) is 0 Å². The van der Waals surface area contributed by atoms with E-state index in [1.54, 1.807) is 0 Å². The molecule has 0 saturated carbocycles. The molecular weight excluding hydrogens is 258 g/mol. The first-order chi connectivity index (χ1) is 10.4. The Balaban J connectivity index is 2.00. The average Bonchev–Trinajstić information content (AvgIpc) is 2.92. The van der Waals surface area contributed by atoms with Crippen LogP contribution < -0.4 is 0 Å². The van der Waals surface area contributed by atoms with E-state index in [1.165, 1.54) is 27.5 Å². The zero-order chi connectivity index (χ0) is 14.2. The Labute approximate surface area is 123 Å². The lowest BCUT2D eigenvalue weighted by atomic mass is 9.98. The number of nitrogens with zero attached hydrogens (tertiary/aromatic N) is 1. The van der Waals surface area contributed by atoms with Gasteiger partial charge >= 0.3 is 0 Å². The largest absolute Gasteiger partial charge is 0.456 e. The van der Waals surface area contributed by atoms with E-state index in [4.69, 9.17) is 4.42 Å². The van der Waals surface area contributed by atoms with Crippen LogP contribution in [0.15, 0.2) is 65.3 Å². The Morgan fingerprint density at radius 2 is 1.81 bits per heavy atom. The molecule has 0 spiro atoms. The second-order valence-electron chi connectivity index (χ2n) is 5.20. The van der Waals surface area contributed by atoms with Crippen LogP contribution in [0.25, 0.3) is 33.1 Å². The highest BCUT2D eigenvalue weighted by Crippen LogP contribution is 2.33. The van der Waals surface area contributed by atoms with Gasteiger partial charge in [-0.05, 0) is 47.4 Å². The number of hydrogen-bond acceptors (Lipinski definition) is 2. The fraction of sp³-hybridized carbons (Fsp3) is 0.105. The molecular formula is C19H15NO. The van der Waals surface area contributed by atoms with Gasteiger partial charge in [-0.3, -0.25) is 4.98 Å². The summed E-state index contributed by atoms with van der Waals surface area (Å²) in [6.07, 6.45) is 4.78. The Morgan fingerprint density at radius 1 is 0.952 bits per heavy atom. The second kappa shape index (κ2) is 4.74. The van der Waals surface area contributed by atoms with Gasteiger partial charge in [0.1, 0.15) is 11.2 Å². The van der Waals surface area contributed by atoms with Crippen LogP contribution in [0.2, 0.25) is 0 Å². The number of aromatic nitrogens is 1. The molecule has 4 rings (SSSR count). The van der Waals surface area contributed by atoms with Gasteiger partial charge in [-0.1, -0.05) is 31.2 Å². The maximum absolute atomic E-state index is 5.89. The fourth-order valence-corrected chi connectivity index (χ4v) is 2.88. The number of furan rings is 1. The van der Waals surface area contributed by atoms with Gasteiger partial charge in [-0.25, -0.2) is 0 Å². The molecule has 102 valence electrons. The summed E-state index contributed by atoms with van der Waals surface area (Å²) in [7, 11) is 0. The highest BCUT2D eigenvalue weighted by molar-refractivity contribution is 6.06. The molecule has 0 N–H and O–H groups in total. The lowest BCUT2D eigenvalue weighted by molar-refractivity contribution is 0.669. The highest BCUT2D eigenvalue weighted by Gasteiger charge is 2.09. The van der Waals surface area contributed by atoms with E-state index >= 15 is 0 Å². The Morgan fingerprint density at radius 3 is 2.71 bits per heavy atom. The summed E-state index contributed by atoms with van der Waals surface area (Å²) in [6.45, 7) is 2.16. The van der Waals surface area contributed by atoms with Gasteiger partial charge in [0.2, 0.25) is 0 Å². The van der Waals surface area contributed by atoms with Gasteiger partial charge in [0, 0.05) is 23.2 Å². The smallest absolute Gasteiger partial charge is 0.135 e. The summed E-state index contributed by atoms with van der Waals surface area (Å²) in [5.41, 5.74) is 5.61. The average molecular weight is 273 g/mol. The van der Waals surface area contributed by atoms with Gasteiger partial charge in [0.25, 0.3) is 0 Å². The summed E-state index contributed by atoms with van der Waals surface area (Å²) in [5, 5.41) is 2.34. The van der Waals surface area contributed by atoms with E-state index in [-0.39, 0.29) is 0 Å². The van der Waals surface area contributed by atoms with Crippen molar-refractivity contribution in [3.05, 3.63) is 66.5 Å². The minimum absolute atomic E-state index is 0.937. The predicted octanol–water partition coefficient (Wildman–Crippen LogP) is 5.21. The molecule has 0 amide bonds. The van der Waals surface area contributed by atoms with Crippen molar-refractivity contribution in [2.75, 3.05) is 0 Å². The topological polar surface area (TPSA) is 26.0 Å². The molecule has 2 aromatic carbocycles. The number of hydrogen-bond donors (Lipinski definition) is 0. The predicted molar refractivity (Wildman–Crippen MR) is 86.3 cm³/mol. The van der Waals surface area contributed by atoms with Crippen LogP contribution in [0.4, 0.5) is 0 Å². The molecule has 0 unspecified atom stereocenters. The molecule has 21 heavy (non-hydrogen) atoms. The maximum Gasteiger partial charge on any atom is 0.135 e. The van der Waals surface area contributed by atoms with Gasteiger partial charge in [0.15, 0.2) is 0 Å². The number of fused-ring (bicyclic) bond motifs is 3. The van der Waals surface area contributed by atoms with Crippen molar-refractivity contribution in [3.63, 3.8) is 0 Å². The minimum atomic E-state index is 0.937. The lowest BCUT2D eigenvalue weighted by Crippen LogP contribution is -1.88. The molecule has 4 aromatic rings. The van der Waals surface area contributed by atoms with Gasteiger partial charge in [-0.2, -0.15) is 0 Å². The van der Waals surface area contributed by atoms with E-state index < -0.39 is 0 Å². The van der Waals surface area contributed by atoms with Crippen molar-refractivity contribution in [1.29, 1.82) is 0 Å². The summed E-state index contributed by atoms with van der Waals surface area (Å²) in [6, 6.07) is 16.7. The number of para-hydroxylation sites is 1. The Hall–Kier alpha value is -2.61. The van der Waals surface area contributed by atoms with Gasteiger partial charge in [-0.15, -0.1) is 0 Å². The molecule has 0 aliphatic carbocycles.